The summed E-state index contributed by atoms with van der Waals surface area (Å²) in [5.41, 5.74) is 1.66. The van der Waals surface area contributed by atoms with Crippen molar-refractivity contribution in [1.29, 1.82) is 0 Å². The Bertz CT molecular complexity index is 518. The number of amides is 1. The fourth-order valence-electron chi connectivity index (χ4n) is 3.49. The van der Waals surface area contributed by atoms with Gasteiger partial charge in [-0.05, 0) is 32.0 Å². The van der Waals surface area contributed by atoms with Gasteiger partial charge in [0.2, 0.25) is 0 Å². The normalized spacial score (nSPS) is 21.0. The molecule has 0 aromatic carbocycles. The minimum absolute atomic E-state index is 0.0205. The summed E-state index contributed by atoms with van der Waals surface area (Å²) in [7, 11) is 2.15. The quantitative estimate of drug-likeness (QED) is 0.869. The maximum absolute atomic E-state index is 12.5. The lowest BCUT2D eigenvalue weighted by atomic mass is 10.1. The first kappa shape index (κ1) is 16.2. The highest BCUT2D eigenvalue weighted by Crippen LogP contribution is 2.19. The van der Waals surface area contributed by atoms with Crippen LogP contribution in [0.2, 0.25) is 0 Å². The van der Waals surface area contributed by atoms with Gasteiger partial charge in [-0.15, -0.1) is 0 Å². The van der Waals surface area contributed by atoms with Crippen molar-refractivity contribution in [2.45, 2.75) is 44.6 Å². The van der Waals surface area contributed by atoms with Crippen molar-refractivity contribution < 1.29 is 4.79 Å². The van der Waals surface area contributed by atoms with Gasteiger partial charge in [0, 0.05) is 44.1 Å². The fourth-order valence-corrected chi connectivity index (χ4v) is 3.49. The molecule has 0 atom stereocenters. The van der Waals surface area contributed by atoms with Crippen LogP contribution in [0.25, 0.3) is 0 Å². The highest BCUT2D eigenvalue weighted by atomic mass is 16.1. The van der Waals surface area contributed by atoms with Gasteiger partial charge >= 0.3 is 0 Å². The van der Waals surface area contributed by atoms with Crippen LogP contribution < -0.4 is 10.2 Å². The molecule has 126 valence electrons. The predicted molar refractivity (Wildman–Crippen MR) is 92.9 cm³/mol. The van der Waals surface area contributed by atoms with Gasteiger partial charge in [-0.3, -0.25) is 9.78 Å². The molecule has 2 aliphatic rings. The van der Waals surface area contributed by atoms with E-state index in [1.165, 1.54) is 25.7 Å². The molecule has 1 saturated carbocycles. The number of carbonyl (C=O) groups is 1. The van der Waals surface area contributed by atoms with E-state index in [0.29, 0.717) is 11.7 Å². The Morgan fingerprint density at radius 1 is 1.13 bits per heavy atom. The average molecular weight is 316 g/mol. The van der Waals surface area contributed by atoms with Gasteiger partial charge in [-0.2, -0.15) is 0 Å². The van der Waals surface area contributed by atoms with Crippen LogP contribution in [0, 0.1) is 0 Å². The van der Waals surface area contributed by atoms with Crippen LogP contribution in [0.15, 0.2) is 18.3 Å². The fraction of sp³-hybridized carbons (Fsp3) is 0.667. The van der Waals surface area contributed by atoms with E-state index in [-0.39, 0.29) is 5.91 Å². The Hall–Kier alpha value is -1.62. The molecule has 3 rings (SSSR count). The summed E-state index contributed by atoms with van der Waals surface area (Å²) in [6.07, 6.45) is 9.00. The molecule has 2 heterocycles. The zero-order valence-electron chi connectivity index (χ0n) is 14.1. The molecule has 0 radical (unpaired) electrons. The van der Waals surface area contributed by atoms with Crippen molar-refractivity contribution in [3.63, 3.8) is 0 Å². The summed E-state index contributed by atoms with van der Waals surface area (Å²) in [5, 5.41) is 3.18. The topological polar surface area (TPSA) is 48.5 Å². The van der Waals surface area contributed by atoms with Crippen molar-refractivity contribution >= 4 is 11.6 Å². The smallest absolute Gasteiger partial charge is 0.270 e. The highest BCUT2D eigenvalue weighted by molar-refractivity contribution is 5.93. The van der Waals surface area contributed by atoms with Crippen molar-refractivity contribution in [3.8, 4) is 0 Å². The third kappa shape index (κ3) is 4.44. The van der Waals surface area contributed by atoms with E-state index in [0.717, 1.165) is 44.7 Å². The van der Waals surface area contributed by atoms with Gasteiger partial charge in [0.05, 0.1) is 0 Å². The first-order chi connectivity index (χ1) is 11.2. The van der Waals surface area contributed by atoms with Gasteiger partial charge in [0.15, 0.2) is 0 Å². The molecule has 5 heteroatoms. The van der Waals surface area contributed by atoms with E-state index in [1.807, 2.05) is 12.1 Å². The third-order valence-electron chi connectivity index (χ3n) is 5.03. The van der Waals surface area contributed by atoms with Crippen molar-refractivity contribution in [1.82, 2.24) is 15.2 Å². The first-order valence-corrected chi connectivity index (χ1v) is 8.93. The van der Waals surface area contributed by atoms with Crippen molar-refractivity contribution in [2.75, 3.05) is 38.1 Å². The zero-order valence-corrected chi connectivity index (χ0v) is 14.1. The molecule has 1 aliphatic heterocycles. The number of pyridine rings is 1. The zero-order chi connectivity index (χ0) is 16.1. The Morgan fingerprint density at radius 3 is 2.52 bits per heavy atom. The lowest BCUT2D eigenvalue weighted by molar-refractivity contribution is 0.0928. The molecule has 0 unspecified atom stereocenters. The molecular weight excluding hydrogens is 288 g/mol. The van der Waals surface area contributed by atoms with Gasteiger partial charge in [0.25, 0.3) is 5.91 Å². The van der Waals surface area contributed by atoms with E-state index in [1.54, 1.807) is 6.20 Å². The number of likely N-dealkylation sites (N-methyl/N-ethyl adjacent to an activating group) is 1. The molecule has 1 saturated heterocycles. The number of anilines is 1. The standard InChI is InChI=1S/C18H28N4O/c1-21-10-12-22(13-11-21)16-8-9-19-17(14-16)18(23)20-15-6-4-2-3-5-7-15/h8-9,14-15H,2-7,10-13H2,1H3,(H,20,23). The number of hydrogen-bond acceptors (Lipinski definition) is 4. The number of nitrogens with one attached hydrogen (secondary N) is 1. The Balaban J connectivity index is 1.63. The molecule has 1 aliphatic carbocycles. The number of rotatable bonds is 3. The number of piperazine rings is 1. The predicted octanol–water partition coefficient (Wildman–Crippen LogP) is 2.29. The van der Waals surface area contributed by atoms with Gasteiger partial charge in [0.1, 0.15) is 5.69 Å². The monoisotopic (exact) mass is 316 g/mol. The van der Waals surface area contributed by atoms with Crippen LogP contribution in [0.4, 0.5) is 5.69 Å². The minimum atomic E-state index is -0.0205. The van der Waals surface area contributed by atoms with Crippen LogP contribution in [0.3, 0.4) is 0 Å². The van der Waals surface area contributed by atoms with E-state index in [2.05, 4.69) is 27.1 Å². The second-order valence-electron chi connectivity index (χ2n) is 6.85. The average Bonchev–Trinajstić information content (AvgIpc) is 2.84. The first-order valence-electron chi connectivity index (χ1n) is 8.93. The van der Waals surface area contributed by atoms with Crippen molar-refractivity contribution in [2.24, 2.45) is 0 Å². The number of aromatic nitrogens is 1. The summed E-state index contributed by atoms with van der Waals surface area (Å²) in [6, 6.07) is 4.27. The number of nitrogens with zero attached hydrogens (tertiary/aromatic N) is 3. The van der Waals surface area contributed by atoms with Crippen LogP contribution in [0.5, 0.6) is 0 Å². The molecule has 0 spiro atoms. The molecule has 23 heavy (non-hydrogen) atoms. The third-order valence-corrected chi connectivity index (χ3v) is 5.03. The summed E-state index contributed by atoms with van der Waals surface area (Å²) < 4.78 is 0. The van der Waals surface area contributed by atoms with Gasteiger partial charge < -0.3 is 15.1 Å². The second kappa shape index (κ2) is 7.77. The number of carbonyl (C=O) groups excluding carboxylic acids is 1. The summed E-state index contributed by atoms with van der Waals surface area (Å²) in [4.78, 5) is 21.5. The molecule has 0 bridgehead atoms. The molecule has 1 amide bonds. The van der Waals surface area contributed by atoms with Gasteiger partial charge in [-0.1, -0.05) is 25.7 Å². The highest BCUT2D eigenvalue weighted by Gasteiger charge is 2.19. The lowest BCUT2D eigenvalue weighted by Gasteiger charge is -2.34. The SMILES string of the molecule is CN1CCN(c2ccnc(C(=O)NC3CCCCCC3)c2)CC1. The maximum atomic E-state index is 12.5. The molecular formula is C18H28N4O. The summed E-state index contributed by atoms with van der Waals surface area (Å²) >= 11 is 0. The molecule has 1 aromatic heterocycles. The van der Waals surface area contributed by atoms with Crippen molar-refractivity contribution in [3.05, 3.63) is 24.0 Å². The van der Waals surface area contributed by atoms with E-state index >= 15 is 0 Å². The molecule has 1 aromatic rings. The Morgan fingerprint density at radius 2 is 1.83 bits per heavy atom. The van der Waals surface area contributed by atoms with E-state index < -0.39 is 0 Å². The van der Waals surface area contributed by atoms with Crippen LogP contribution in [0.1, 0.15) is 49.0 Å². The van der Waals surface area contributed by atoms with Crippen LogP contribution in [-0.4, -0.2) is 55.1 Å². The largest absolute Gasteiger partial charge is 0.369 e. The van der Waals surface area contributed by atoms with Crippen LogP contribution >= 0.6 is 0 Å². The van der Waals surface area contributed by atoms with Crippen LogP contribution in [-0.2, 0) is 0 Å². The lowest BCUT2D eigenvalue weighted by Crippen LogP contribution is -2.44. The minimum Gasteiger partial charge on any atom is -0.369 e. The molecule has 2 fully saturated rings. The molecule has 1 N–H and O–H groups in total. The summed E-state index contributed by atoms with van der Waals surface area (Å²) in [5.74, 6) is -0.0205. The second-order valence-corrected chi connectivity index (χ2v) is 6.85. The van der Waals surface area contributed by atoms with Gasteiger partial charge in [-0.25, -0.2) is 0 Å². The number of hydrogen-bond donors (Lipinski definition) is 1. The van der Waals surface area contributed by atoms with E-state index in [4.69, 9.17) is 0 Å². The Kier molecular flexibility index (Phi) is 5.49. The maximum Gasteiger partial charge on any atom is 0.270 e. The Labute approximate surface area is 139 Å². The van der Waals surface area contributed by atoms with E-state index in [9.17, 15) is 4.79 Å². The molecule has 5 nitrogen and oxygen atoms in total. The summed E-state index contributed by atoms with van der Waals surface area (Å²) in [6.45, 7) is 4.13.